The Balaban J connectivity index is 2.62. The Kier molecular flexibility index (Phi) is 5.78. The summed E-state index contributed by atoms with van der Waals surface area (Å²) in [6, 6.07) is 0. The van der Waals surface area contributed by atoms with Crippen molar-refractivity contribution in [2.45, 2.75) is 25.5 Å². The first-order chi connectivity index (χ1) is 10.8. The van der Waals surface area contributed by atoms with E-state index in [1.807, 2.05) is 6.08 Å². The summed E-state index contributed by atoms with van der Waals surface area (Å²) in [6.07, 6.45) is 3.63. The molecule has 23 heavy (non-hydrogen) atoms. The number of fused-ring (bicyclic) bond motifs is 1. The van der Waals surface area contributed by atoms with Gasteiger partial charge in [0.05, 0.1) is 0 Å². The van der Waals surface area contributed by atoms with Gasteiger partial charge >= 0.3 is 5.69 Å². The van der Waals surface area contributed by atoms with Gasteiger partial charge in [0.15, 0.2) is 16.3 Å². The minimum Gasteiger partial charge on any atom is -0.309 e. The van der Waals surface area contributed by atoms with Gasteiger partial charge < -0.3 is 4.57 Å². The lowest BCUT2D eigenvalue weighted by Gasteiger charge is -2.05. The maximum Gasteiger partial charge on any atom is 0.329 e. The summed E-state index contributed by atoms with van der Waals surface area (Å²) >= 11 is 13.1. The van der Waals surface area contributed by atoms with Crippen molar-refractivity contribution in [3.05, 3.63) is 43.1 Å². The number of H-pyrrole nitrogens is 1. The number of aryl methyl sites for hydroxylation is 1. The van der Waals surface area contributed by atoms with Crippen LogP contribution in [0.4, 0.5) is 0 Å². The Hall–Kier alpha value is -1.44. The van der Waals surface area contributed by atoms with Gasteiger partial charge in [0.1, 0.15) is 0 Å². The molecule has 9 heteroatoms. The molecule has 0 aromatic carbocycles. The van der Waals surface area contributed by atoms with E-state index in [2.05, 4.69) is 9.97 Å². The number of hydrogen-bond donors (Lipinski definition) is 1. The summed E-state index contributed by atoms with van der Waals surface area (Å²) in [5.74, 6) is 0.605. The number of halogens is 2. The van der Waals surface area contributed by atoms with E-state index in [9.17, 15) is 9.59 Å². The topological polar surface area (TPSA) is 72.7 Å². The van der Waals surface area contributed by atoms with Crippen LogP contribution in [0.15, 0.2) is 37.0 Å². The first-order valence-corrected chi connectivity index (χ1v) is 8.52. The second-order valence-electron chi connectivity index (χ2n) is 4.89. The molecule has 0 unspecified atom stereocenters. The summed E-state index contributed by atoms with van der Waals surface area (Å²) in [6.45, 7) is 3.94. The van der Waals surface area contributed by atoms with Crippen molar-refractivity contribution in [2.24, 2.45) is 7.05 Å². The van der Waals surface area contributed by atoms with E-state index in [1.54, 1.807) is 31.5 Å². The molecule has 0 saturated carbocycles. The third-order valence-electron chi connectivity index (χ3n) is 3.10. The second kappa shape index (κ2) is 7.42. The van der Waals surface area contributed by atoms with Gasteiger partial charge in [-0.15, -0.1) is 0 Å². The molecule has 2 rings (SSSR count). The number of imidazole rings is 1. The minimum atomic E-state index is -0.496. The summed E-state index contributed by atoms with van der Waals surface area (Å²) < 4.78 is 3.05. The maximum absolute atomic E-state index is 12.2. The van der Waals surface area contributed by atoms with Gasteiger partial charge in [0.2, 0.25) is 0 Å². The van der Waals surface area contributed by atoms with Gasteiger partial charge in [-0.1, -0.05) is 47.1 Å². The number of nitrogens with one attached hydrogen (secondary N) is 1. The van der Waals surface area contributed by atoms with Crippen LogP contribution < -0.4 is 11.2 Å². The second-order valence-corrected chi connectivity index (χ2v) is 7.07. The first-order valence-electron chi connectivity index (χ1n) is 6.78. The van der Waals surface area contributed by atoms with Gasteiger partial charge in [-0.2, -0.15) is 0 Å². The van der Waals surface area contributed by atoms with Crippen LogP contribution in [0.3, 0.4) is 0 Å². The highest BCUT2D eigenvalue weighted by Gasteiger charge is 2.16. The van der Waals surface area contributed by atoms with Crippen LogP contribution in [-0.4, -0.2) is 24.9 Å². The van der Waals surface area contributed by atoms with Crippen LogP contribution in [0.25, 0.3) is 11.2 Å². The first kappa shape index (κ1) is 17.9. The van der Waals surface area contributed by atoms with E-state index in [1.165, 1.54) is 16.3 Å². The normalized spacial score (nSPS) is 13.1. The zero-order valence-corrected chi connectivity index (χ0v) is 15.2. The molecule has 0 aliphatic carbocycles. The van der Waals surface area contributed by atoms with Gasteiger partial charge in [0, 0.05) is 29.4 Å². The third kappa shape index (κ3) is 4.10. The van der Waals surface area contributed by atoms with Crippen molar-refractivity contribution in [1.29, 1.82) is 0 Å². The number of rotatable bonds is 5. The van der Waals surface area contributed by atoms with Crippen LogP contribution in [0.1, 0.15) is 13.8 Å². The van der Waals surface area contributed by atoms with Crippen LogP contribution in [-0.2, 0) is 13.6 Å². The number of hydrogen-bond acceptors (Lipinski definition) is 4. The predicted molar refractivity (Wildman–Crippen MR) is 95.5 cm³/mol. The lowest BCUT2D eigenvalue weighted by molar-refractivity contribution is 0.743. The van der Waals surface area contributed by atoms with Crippen molar-refractivity contribution in [1.82, 2.24) is 19.1 Å². The van der Waals surface area contributed by atoms with Gasteiger partial charge in [-0.25, -0.2) is 9.78 Å². The quantitative estimate of drug-likeness (QED) is 0.816. The Bertz CT molecular complexity index is 900. The molecule has 0 fully saturated rings. The minimum absolute atomic E-state index is 0.341. The van der Waals surface area contributed by atoms with Crippen molar-refractivity contribution in [3.63, 3.8) is 0 Å². The molecule has 0 atom stereocenters. The summed E-state index contributed by atoms with van der Waals surface area (Å²) in [5, 5.41) is 1.91. The lowest BCUT2D eigenvalue weighted by atomic mass is 10.4. The van der Waals surface area contributed by atoms with Crippen molar-refractivity contribution in [3.8, 4) is 0 Å². The zero-order valence-electron chi connectivity index (χ0n) is 12.9. The monoisotopic (exact) mass is 374 g/mol. The molecular formula is C14H16Cl2N4O2S. The average Bonchev–Trinajstić information content (AvgIpc) is 2.81. The van der Waals surface area contributed by atoms with Crippen molar-refractivity contribution in [2.75, 3.05) is 5.75 Å². The van der Waals surface area contributed by atoms with Crippen LogP contribution >= 0.6 is 35.0 Å². The molecule has 0 amide bonds. The Labute approximate surface area is 146 Å². The largest absolute Gasteiger partial charge is 0.329 e. The van der Waals surface area contributed by atoms with E-state index in [0.717, 1.165) is 0 Å². The molecule has 2 aromatic rings. The van der Waals surface area contributed by atoms with E-state index in [4.69, 9.17) is 23.2 Å². The Morgan fingerprint density at radius 1 is 1.26 bits per heavy atom. The van der Waals surface area contributed by atoms with Crippen LogP contribution in [0, 0.1) is 0 Å². The van der Waals surface area contributed by atoms with Crippen LogP contribution in [0.5, 0.6) is 0 Å². The smallest absolute Gasteiger partial charge is 0.309 e. The summed E-state index contributed by atoms with van der Waals surface area (Å²) in [7, 11) is 1.57. The molecular weight excluding hydrogens is 359 g/mol. The molecule has 0 radical (unpaired) electrons. The Morgan fingerprint density at radius 2 is 1.91 bits per heavy atom. The van der Waals surface area contributed by atoms with Gasteiger partial charge in [-0.05, 0) is 13.8 Å². The highest BCUT2D eigenvalue weighted by atomic mass is 35.5. The van der Waals surface area contributed by atoms with Gasteiger partial charge in [0.25, 0.3) is 5.56 Å². The molecule has 6 nitrogen and oxygen atoms in total. The lowest BCUT2D eigenvalue weighted by Crippen LogP contribution is -2.29. The van der Waals surface area contributed by atoms with E-state index >= 15 is 0 Å². The summed E-state index contributed by atoms with van der Waals surface area (Å²) in [4.78, 5) is 30.6. The zero-order chi connectivity index (χ0) is 17.1. The number of aromatic nitrogens is 4. The molecule has 2 heterocycles. The van der Waals surface area contributed by atoms with E-state index in [-0.39, 0.29) is 0 Å². The Morgan fingerprint density at radius 3 is 2.52 bits per heavy atom. The maximum atomic E-state index is 12.2. The fourth-order valence-corrected chi connectivity index (χ4v) is 3.14. The number of thioether (sulfide) groups is 1. The fourth-order valence-electron chi connectivity index (χ4n) is 1.94. The fraction of sp³-hybridized carbons (Fsp3) is 0.357. The molecule has 0 spiro atoms. The number of allylic oxidation sites excluding steroid dienone is 3. The standard InChI is InChI=1S/C14H16Cl2N4O2S/c1-8(15)4-6-20-10-11(19(3)13(22)18-12(10)21)17-14(20)23-7-5-9(2)16/h4-5H,6-7H2,1-3H3,(H,18,21,22). The molecule has 1 N–H and O–H groups in total. The SMILES string of the molecule is CC(Cl)=CCSc1nc2c(c(=O)[nH]c(=O)n2C)n1CC=C(C)Cl. The molecule has 0 aliphatic heterocycles. The van der Waals surface area contributed by atoms with E-state index in [0.29, 0.717) is 38.7 Å². The molecule has 0 bridgehead atoms. The third-order valence-corrected chi connectivity index (χ3v) is 4.32. The highest BCUT2D eigenvalue weighted by Crippen LogP contribution is 2.22. The summed E-state index contributed by atoms with van der Waals surface area (Å²) in [5.41, 5.74) is -0.278. The molecule has 0 aliphatic rings. The van der Waals surface area contributed by atoms with E-state index < -0.39 is 11.2 Å². The van der Waals surface area contributed by atoms with Crippen molar-refractivity contribution >= 4 is 46.1 Å². The number of nitrogens with zero attached hydrogens (tertiary/aromatic N) is 3. The molecule has 124 valence electrons. The highest BCUT2D eigenvalue weighted by molar-refractivity contribution is 7.99. The van der Waals surface area contributed by atoms with Crippen LogP contribution in [0.2, 0.25) is 0 Å². The predicted octanol–water partition coefficient (Wildman–Crippen LogP) is 2.80. The van der Waals surface area contributed by atoms with Crippen molar-refractivity contribution < 1.29 is 0 Å². The molecule has 2 aromatic heterocycles. The average molecular weight is 375 g/mol. The van der Waals surface area contributed by atoms with Gasteiger partial charge in [-0.3, -0.25) is 14.3 Å². The number of aromatic amines is 1. The molecule has 0 saturated heterocycles.